The van der Waals surface area contributed by atoms with Gasteiger partial charge in [-0.1, -0.05) is 0 Å². The zero-order valence-electron chi connectivity index (χ0n) is 8.87. The van der Waals surface area contributed by atoms with Crippen LogP contribution in [0.1, 0.15) is 13.8 Å². The minimum absolute atomic E-state index is 0.354. The molecule has 1 unspecified atom stereocenters. The van der Waals surface area contributed by atoms with Gasteiger partial charge in [-0.25, -0.2) is 0 Å². The second-order valence-electron chi connectivity index (χ2n) is 4.16. The average Bonchev–Trinajstić information content (AvgIpc) is 1.85. The Hall–Kier alpha value is -0.120. The molecule has 0 aromatic carbocycles. The normalized spacial score (nSPS) is 15.2. The minimum atomic E-state index is -0.354. The molecule has 0 saturated heterocycles. The summed E-state index contributed by atoms with van der Waals surface area (Å²) in [7, 11) is 5.84. The quantitative estimate of drug-likeness (QED) is 0.617. The fourth-order valence-corrected chi connectivity index (χ4v) is 0.999. The van der Waals surface area contributed by atoms with Crippen molar-refractivity contribution in [1.82, 2.24) is 0 Å². The number of likely N-dealkylation sites (N-methyl/N-ethyl adjacent to an activating group) is 1. The van der Waals surface area contributed by atoms with Gasteiger partial charge in [-0.2, -0.15) is 0 Å². The predicted molar refractivity (Wildman–Crippen MR) is 50.0 cm³/mol. The first kappa shape index (κ1) is 11.9. The van der Waals surface area contributed by atoms with Gasteiger partial charge in [0.05, 0.1) is 26.7 Å². The van der Waals surface area contributed by atoms with E-state index in [0.717, 1.165) is 11.0 Å². The van der Waals surface area contributed by atoms with Crippen LogP contribution >= 0.6 is 0 Å². The topological polar surface area (TPSA) is 29.5 Å². The number of hydrogen-bond donors (Lipinski definition) is 1. The SMILES string of the molecule is COCC(O)C[N+](C)(C)C(C)C. The van der Waals surface area contributed by atoms with E-state index in [4.69, 9.17) is 4.74 Å². The molecule has 0 aliphatic rings. The molecule has 0 radical (unpaired) electrons. The lowest BCUT2D eigenvalue weighted by Crippen LogP contribution is -2.51. The van der Waals surface area contributed by atoms with Crippen molar-refractivity contribution in [2.24, 2.45) is 0 Å². The third-order valence-electron chi connectivity index (χ3n) is 2.44. The van der Waals surface area contributed by atoms with E-state index in [0.29, 0.717) is 12.6 Å². The molecule has 0 aliphatic heterocycles. The summed E-state index contributed by atoms with van der Waals surface area (Å²) in [4.78, 5) is 0. The van der Waals surface area contributed by atoms with Gasteiger partial charge < -0.3 is 14.3 Å². The van der Waals surface area contributed by atoms with E-state index in [-0.39, 0.29) is 6.10 Å². The molecule has 0 amide bonds. The van der Waals surface area contributed by atoms with Gasteiger partial charge in [-0.05, 0) is 13.8 Å². The summed E-state index contributed by atoms with van der Waals surface area (Å²) in [6, 6.07) is 0.525. The summed E-state index contributed by atoms with van der Waals surface area (Å²) in [6.07, 6.45) is -0.354. The molecule has 1 N–H and O–H groups in total. The van der Waals surface area contributed by atoms with Crippen LogP contribution in [0.15, 0.2) is 0 Å². The molecule has 0 bridgehead atoms. The van der Waals surface area contributed by atoms with Crippen LogP contribution in [0.3, 0.4) is 0 Å². The molecule has 0 aromatic heterocycles. The molecule has 0 spiro atoms. The monoisotopic (exact) mass is 176 g/mol. The Kier molecular flexibility index (Phi) is 4.75. The Morgan fingerprint density at radius 3 is 2.17 bits per heavy atom. The van der Waals surface area contributed by atoms with E-state index in [1.807, 2.05) is 0 Å². The van der Waals surface area contributed by atoms with Crippen molar-refractivity contribution in [1.29, 1.82) is 0 Å². The predicted octanol–water partition coefficient (Wildman–Crippen LogP) is 0.479. The first-order chi connectivity index (χ1) is 5.40. The van der Waals surface area contributed by atoms with Crippen LogP contribution < -0.4 is 0 Å². The number of hydrogen-bond acceptors (Lipinski definition) is 2. The molecule has 0 fully saturated rings. The van der Waals surface area contributed by atoms with Gasteiger partial charge in [0.25, 0.3) is 0 Å². The van der Waals surface area contributed by atoms with Crippen molar-refractivity contribution in [3.8, 4) is 0 Å². The fraction of sp³-hybridized carbons (Fsp3) is 1.00. The third-order valence-corrected chi connectivity index (χ3v) is 2.44. The molecule has 0 heterocycles. The van der Waals surface area contributed by atoms with Crippen LogP contribution in [0, 0.1) is 0 Å². The van der Waals surface area contributed by atoms with Gasteiger partial charge in [0.1, 0.15) is 12.6 Å². The largest absolute Gasteiger partial charge is 0.385 e. The van der Waals surface area contributed by atoms with E-state index >= 15 is 0 Å². The first-order valence-corrected chi connectivity index (χ1v) is 4.40. The van der Waals surface area contributed by atoms with Gasteiger partial charge in [0.2, 0.25) is 0 Å². The highest BCUT2D eigenvalue weighted by Crippen LogP contribution is 2.06. The average molecular weight is 176 g/mol. The van der Waals surface area contributed by atoms with E-state index in [1.54, 1.807) is 7.11 Å². The molecular formula is C9H22NO2+. The van der Waals surface area contributed by atoms with Gasteiger partial charge in [0.15, 0.2) is 0 Å². The van der Waals surface area contributed by atoms with E-state index in [9.17, 15) is 5.11 Å². The second-order valence-corrected chi connectivity index (χ2v) is 4.16. The highest BCUT2D eigenvalue weighted by atomic mass is 16.5. The van der Waals surface area contributed by atoms with Gasteiger partial charge in [0, 0.05) is 7.11 Å². The van der Waals surface area contributed by atoms with Gasteiger partial charge >= 0.3 is 0 Å². The van der Waals surface area contributed by atoms with Crippen molar-refractivity contribution in [2.45, 2.75) is 26.0 Å². The van der Waals surface area contributed by atoms with Crippen LogP contribution in [-0.4, -0.2) is 56.1 Å². The summed E-state index contributed by atoms with van der Waals surface area (Å²) in [5, 5.41) is 9.49. The third kappa shape index (κ3) is 4.04. The maximum Gasteiger partial charge on any atom is 0.126 e. The number of aliphatic hydroxyl groups is 1. The molecule has 0 rings (SSSR count). The van der Waals surface area contributed by atoms with E-state index in [2.05, 4.69) is 27.9 Å². The Balaban J connectivity index is 3.88. The maximum absolute atomic E-state index is 9.49. The van der Waals surface area contributed by atoms with E-state index in [1.165, 1.54) is 0 Å². The van der Waals surface area contributed by atoms with Crippen molar-refractivity contribution < 1.29 is 14.3 Å². The fourth-order valence-electron chi connectivity index (χ4n) is 0.999. The molecule has 0 aromatic rings. The maximum atomic E-state index is 9.49. The van der Waals surface area contributed by atoms with Crippen LogP contribution in [0.4, 0.5) is 0 Å². The second kappa shape index (κ2) is 4.80. The Morgan fingerprint density at radius 1 is 1.33 bits per heavy atom. The zero-order chi connectivity index (χ0) is 9.78. The van der Waals surface area contributed by atoms with Crippen LogP contribution in [-0.2, 0) is 4.74 Å². The molecule has 3 heteroatoms. The standard InChI is InChI=1S/C9H22NO2/c1-8(2)10(3,4)6-9(11)7-12-5/h8-9,11H,6-7H2,1-5H3/q+1. The molecule has 12 heavy (non-hydrogen) atoms. The summed E-state index contributed by atoms with van der Waals surface area (Å²) < 4.78 is 5.69. The molecule has 1 atom stereocenters. The van der Waals surface area contributed by atoms with Gasteiger partial charge in [-0.3, -0.25) is 0 Å². The molecule has 74 valence electrons. The highest BCUT2D eigenvalue weighted by molar-refractivity contribution is 4.52. The number of rotatable bonds is 5. The lowest BCUT2D eigenvalue weighted by Gasteiger charge is -2.35. The smallest absolute Gasteiger partial charge is 0.126 e. The van der Waals surface area contributed by atoms with Crippen molar-refractivity contribution in [3.63, 3.8) is 0 Å². The molecular weight excluding hydrogens is 154 g/mol. The number of methoxy groups -OCH3 is 1. The lowest BCUT2D eigenvalue weighted by atomic mass is 10.2. The van der Waals surface area contributed by atoms with Crippen molar-refractivity contribution in [3.05, 3.63) is 0 Å². The number of nitrogens with zero attached hydrogens (tertiary/aromatic N) is 1. The Bertz CT molecular complexity index is 124. The van der Waals surface area contributed by atoms with Crippen molar-refractivity contribution >= 4 is 0 Å². The van der Waals surface area contributed by atoms with Crippen LogP contribution in [0.2, 0.25) is 0 Å². The Morgan fingerprint density at radius 2 is 1.83 bits per heavy atom. The summed E-state index contributed by atoms with van der Waals surface area (Å²) in [5.41, 5.74) is 0. The number of quaternary nitrogens is 1. The zero-order valence-corrected chi connectivity index (χ0v) is 8.87. The summed E-state index contributed by atoms with van der Waals surface area (Å²) in [6.45, 7) is 5.47. The first-order valence-electron chi connectivity index (χ1n) is 4.40. The summed E-state index contributed by atoms with van der Waals surface area (Å²) in [5.74, 6) is 0. The molecule has 0 aliphatic carbocycles. The Labute approximate surface area is 75.5 Å². The van der Waals surface area contributed by atoms with E-state index < -0.39 is 0 Å². The minimum Gasteiger partial charge on any atom is -0.385 e. The summed E-state index contributed by atoms with van der Waals surface area (Å²) >= 11 is 0. The molecule has 0 saturated carbocycles. The lowest BCUT2D eigenvalue weighted by molar-refractivity contribution is -0.914. The van der Waals surface area contributed by atoms with Gasteiger partial charge in [-0.15, -0.1) is 0 Å². The molecule has 3 nitrogen and oxygen atoms in total. The van der Waals surface area contributed by atoms with Crippen LogP contribution in [0.25, 0.3) is 0 Å². The number of ether oxygens (including phenoxy) is 1. The number of aliphatic hydroxyl groups excluding tert-OH is 1. The van der Waals surface area contributed by atoms with Crippen LogP contribution in [0.5, 0.6) is 0 Å². The van der Waals surface area contributed by atoms with Crippen molar-refractivity contribution in [2.75, 3.05) is 34.4 Å². The highest BCUT2D eigenvalue weighted by Gasteiger charge is 2.23.